The highest BCUT2D eigenvalue weighted by molar-refractivity contribution is 6.22. The van der Waals surface area contributed by atoms with Gasteiger partial charge in [0.05, 0.1) is 22.6 Å². The number of fused-ring (bicyclic) bond motifs is 7. The van der Waals surface area contributed by atoms with Gasteiger partial charge in [-0.2, -0.15) is 0 Å². The second-order valence-electron chi connectivity index (χ2n) is 12.1. The molecule has 0 saturated carbocycles. The zero-order chi connectivity index (χ0) is 29.9. The van der Waals surface area contributed by atoms with Gasteiger partial charge in [-0.25, -0.2) is 4.99 Å². The van der Waals surface area contributed by atoms with Gasteiger partial charge in [0.2, 0.25) is 0 Å². The predicted octanol–water partition coefficient (Wildman–Crippen LogP) is 9.00. The van der Waals surface area contributed by atoms with E-state index in [1.54, 1.807) is 0 Å². The Kier molecular flexibility index (Phi) is 6.00. The van der Waals surface area contributed by atoms with Crippen LogP contribution in [0.1, 0.15) is 36.5 Å². The summed E-state index contributed by atoms with van der Waals surface area (Å²) in [5.41, 5.74) is 7.09. The lowest BCUT2D eigenvalue weighted by molar-refractivity contribution is 0.341. The van der Waals surface area contributed by atoms with Crippen molar-refractivity contribution in [3.63, 3.8) is 0 Å². The van der Waals surface area contributed by atoms with Crippen LogP contribution in [0.15, 0.2) is 151 Å². The molecule has 5 aromatic carbocycles. The van der Waals surface area contributed by atoms with Crippen LogP contribution in [-0.2, 0) is 0 Å². The smallest absolute Gasteiger partial charge is 0.184 e. The fraction of sp³-hybridized carbons (Fsp3) is 0.125. The molecule has 2 aliphatic rings. The molecule has 7 aromatic rings. The Labute approximate surface area is 261 Å². The van der Waals surface area contributed by atoms with E-state index >= 15 is 0 Å². The number of hydrogen-bond acceptors (Lipinski definition) is 3. The lowest BCUT2D eigenvalue weighted by Gasteiger charge is -2.33. The number of allylic oxidation sites excluding steroid dienone is 4. The number of rotatable bonds is 4. The SMILES string of the molecule is CC1C=CC=CC1n1c2ccccc2c2ccc3c4ccccc4n(C4N=C(c5ccccc5)NC(c5ccccc5)N4)c3c21. The van der Waals surface area contributed by atoms with Crippen LogP contribution in [0.2, 0.25) is 0 Å². The molecule has 0 radical (unpaired) electrons. The molecule has 0 spiro atoms. The minimum absolute atomic E-state index is 0.128. The summed E-state index contributed by atoms with van der Waals surface area (Å²) in [6.07, 6.45) is 8.54. The average Bonchev–Trinajstić information content (AvgIpc) is 3.62. The van der Waals surface area contributed by atoms with Crippen LogP contribution in [0.4, 0.5) is 0 Å². The molecule has 1 aliphatic heterocycles. The summed E-state index contributed by atoms with van der Waals surface area (Å²) >= 11 is 0. The van der Waals surface area contributed by atoms with E-state index in [0.717, 1.165) is 16.9 Å². The van der Waals surface area contributed by atoms with E-state index in [9.17, 15) is 0 Å². The molecule has 3 heterocycles. The lowest BCUT2D eigenvalue weighted by Crippen LogP contribution is -2.46. The molecule has 5 nitrogen and oxygen atoms in total. The molecule has 4 unspecified atom stereocenters. The normalized spacial score (nSPS) is 21.5. The van der Waals surface area contributed by atoms with E-state index in [1.165, 1.54) is 43.7 Å². The maximum absolute atomic E-state index is 5.41. The molecule has 4 atom stereocenters. The van der Waals surface area contributed by atoms with Crippen LogP contribution < -0.4 is 10.6 Å². The van der Waals surface area contributed by atoms with Gasteiger partial charge in [-0.3, -0.25) is 5.32 Å². The summed E-state index contributed by atoms with van der Waals surface area (Å²) in [5.74, 6) is 1.23. The monoisotopic (exact) mass is 583 g/mol. The third kappa shape index (κ3) is 4.08. The summed E-state index contributed by atoms with van der Waals surface area (Å²) < 4.78 is 5.01. The molecule has 218 valence electrons. The number of amidine groups is 1. The number of nitrogens with zero attached hydrogens (tertiary/aromatic N) is 3. The molecule has 45 heavy (non-hydrogen) atoms. The van der Waals surface area contributed by atoms with Gasteiger partial charge >= 0.3 is 0 Å². The molecule has 0 amide bonds. The number of hydrogen-bond donors (Lipinski definition) is 2. The van der Waals surface area contributed by atoms with Crippen molar-refractivity contribution in [2.45, 2.75) is 25.4 Å². The fourth-order valence-electron chi connectivity index (χ4n) is 7.39. The minimum Gasteiger partial charge on any atom is -0.350 e. The minimum atomic E-state index is -0.356. The molecule has 2 aromatic heterocycles. The van der Waals surface area contributed by atoms with Crippen LogP contribution in [0.3, 0.4) is 0 Å². The molecule has 0 bridgehead atoms. The van der Waals surface area contributed by atoms with Crippen LogP contribution in [0.5, 0.6) is 0 Å². The van der Waals surface area contributed by atoms with Crippen molar-refractivity contribution in [3.05, 3.63) is 157 Å². The van der Waals surface area contributed by atoms with E-state index in [0.29, 0.717) is 5.92 Å². The number of nitrogens with one attached hydrogen (secondary N) is 2. The van der Waals surface area contributed by atoms with Crippen molar-refractivity contribution in [2.24, 2.45) is 10.9 Å². The van der Waals surface area contributed by atoms with Crippen molar-refractivity contribution in [1.82, 2.24) is 19.8 Å². The van der Waals surface area contributed by atoms with Gasteiger partial charge < -0.3 is 14.5 Å². The Morgan fingerprint density at radius 1 is 0.578 bits per heavy atom. The maximum atomic E-state index is 5.41. The lowest BCUT2D eigenvalue weighted by atomic mass is 9.96. The van der Waals surface area contributed by atoms with Crippen molar-refractivity contribution in [2.75, 3.05) is 0 Å². The largest absolute Gasteiger partial charge is 0.350 e. The molecular weight excluding hydrogens is 550 g/mol. The van der Waals surface area contributed by atoms with E-state index in [1.807, 2.05) is 0 Å². The average molecular weight is 584 g/mol. The number of aromatic nitrogens is 2. The number of para-hydroxylation sites is 2. The van der Waals surface area contributed by atoms with E-state index < -0.39 is 0 Å². The zero-order valence-corrected chi connectivity index (χ0v) is 25.0. The van der Waals surface area contributed by atoms with Gasteiger partial charge in [-0.1, -0.05) is 140 Å². The highest BCUT2D eigenvalue weighted by Gasteiger charge is 2.30. The molecule has 5 heteroatoms. The van der Waals surface area contributed by atoms with E-state index in [2.05, 4.69) is 172 Å². The van der Waals surface area contributed by atoms with E-state index in [4.69, 9.17) is 4.99 Å². The third-order valence-electron chi connectivity index (χ3n) is 9.48. The van der Waals surface area contributed by atoms with Crippen molar-refractivity contribution < 1.29 is 0 Å². The quantitative estimate of drug-likeness (QED) is 0.217. The van der Waals surface area contributed by atoms with Gasteiger partial charge in [-0.15, -0.1) is 0 Å². The van der Waals surface area contributed by atoms with E-state index in [-0.39, 0.29) is 18.5 Å². The van der Waals surface area contributed by atoms with Crippen molar-refractivity contribution >= 4 is 49.4 Å². The topological polar surface area (TPSA) is 46.3 Å². The van der Waals surface area contributed by atoms with Gasteiger partial charge in [0.15, 0.2) is 6.29 Å². The highest BCUT2D eigenvalue weighted by Crippen LogP contribution is 2.43. The maximum Gasteiger partial charge on any atom is 0.184 e. The van der Waals surface area contributed by atoms with Gasteiger partial charge in [0, 0.05) is 32.6 Å². The Morgan fingerprint density at radius 3 is 1.84 bits per heavy atom. The van der Waals surface area contributed by atoms with Gasteiger partial charge in [-0.05, 0) is 23.6 Å². The second kappa shape index (κ2) is 10.4. The molecule has 9 rings (SSSR count). The van der Waals surface area contributed by atoms with Gasteiger partial charge in [0.25, 0.3) is 0 Å². The molecule has 2 N–H and O–H groups in total. The summed E-state index contributed by atoms with van der Waals surface area (Å²) in [5, 5.41) is 12.6. The van der Waals surface area contributed by atoms with Crippen LogP contribution in [0, 0.1) is 5.92 Å². The second-order valence-corrected chi connectivity index (χ2v) is 12.1. The van der Waals surface area contributed by atoms with Crippen molar-refractivity contribution in [1.29, 1.82) is 0 Å². The zero-order valence-electron chi connectivity index (χ0n) is 25.0. The standard InChI is InChI=1S/C40H33N5/c1-26-14-8-11-21-33(26)44-34-22-12-9-19-29(34)31-24-25-32-30-20-10-13-23-35(30)45(37(32)36(31)44)40-42-38(27-15-4-2-5-16-27)41-39(43-40)28-17-6-3-7-18-28/h2-26,33,38,40,42H,1H3,(H,41,43). The first-order chi connectivity index (χ1) is 22.3. The van der Waals surface area contributed by atoms with Crippen LogP contribution in [0.25, 0.3) is 43.6 Å². The highest BCUT2D eigenvalue weighted by atomic mass is 15.4. The summed E-state index contributed by atoms with van der Waals surface area (Å²) in [6.45, 7) is 2.32. The predicted molar refractivity (Wildman–Crippen MR) is 186 cm³/mol. The molecular formula is C40H33N5. The summed E-state index contributed by atoms with van der Waals surface area (Å²) in [4.78, 5) is 5.41. The fourth-order valence-corrected chi connectivity index (χ4v) is 7.39. The number of benzene rings is 5. The Bertz CT molecular complexity index is 2310. The first-order valence-corrected chi connectivity index (χ1v) is 15.8. The summed E-state index contributed by atoms with van der Waals surface area (Å²) in [6, 6.07) is 43.5. The van der Waals surface area contributed by atoms with Gasteiger partial charge in [0.1, 0.15) is 12.0 Å². The molecule has 0 saturated heterocycles. The van der Waals surface area contributed by atoms with Crippen LogP contribution in [-0.4, -0.2) is 15.0 Å². The molecule has 1 aliphatic carbocycles. The van der Waals surface area contributed by atoms with Crippen molar-refractivity contribution in [3.8, 4) is 0 Å². The third-order valence-corrected chi connectivity index (χ3v) is 9.48. The Balaban J connectivity index is 1.38. The summed E-state index contributed by atoms with van der Waals surface area (Å²) in [7, 11) is 0. The van der Waals surface area contributed by atoms with Crippen LogP contribution >= 0.6 is 0 Å². The number of aliphatic imine (C=N–C) groups is 1. The molecule has 0 fully saturated rings. The Hall–Kier alpha value is -5.39. The first-order valence-electron chi connectivity index (χ1n) is 15.8. The Morgan fingerprint density at radius 2 is 1.16 bits per heavy atom. The first kappa shape index (κ1) is 26.1.